The van der Waals surface area contributed by atoms with Gasteiger partial charge in [0.2, 0.25) is 0 Å². The molecule has 0 atom stereocenters. The number of nitrogens with zero attached hydrogens (tertiary/aromatic N) is 1. The first kappa shape index (κ1) is 15.0. The van der Waals surface area contributed by atoms with Crippen molar-refractivity contribution < 1.29 is 22.4 Å². The Labute approximate surface area is 118 Å². The smallest absolute Gasteiger partial charge is 0.261 e. The molecule has 0 fully saturated rings. The highest BCUT2D eigenvalue weighted by Gasteiger charge is 2.21. The molecule has 0 aliphatic heterocycles. The second-order valence-corrected chi connectivity index (χ2v) is 4.27. The zero-order chi connectivity index (χ0) is 15.6. The molecule has 0 saturated carbocycles. The monoisotopic (exact) mass is 297 g/mol. The van der Waals surface area contributed by atoms with Crippen LogP contribution in [-0.2, 0) is 0 Å². The van der Waals surface area contributed by atoms with Crippen LogP contribution in [-0.4, -0.2) is 12.5 Å². The normalized spacial score (nSPS) is 10.5. The molecular formula is C15H11F4NO. The maximum absolute atomic E-state index is 13.6. The molecule has 2 aromatic carbocycles. The molecule has 0 unspecified atom stereocenters. The summed E-state index contributed by atoms with van der Waals surface area (Å²) in [5.41, 5.74) is -0.411. The van der Waals surface area contributed by atoms with Crippen LogP contribution in [0.3, 0.4) is 0 Å². The lowest BCUT2D eigenvalue weighted by molar-refractivity contribution is 0.0984. The summed E-state index contributed by atoms with van der Waals surface area (Å²) in [7, 11) is 0. The molecule has 110 valence electrons. The summed E-state index contributed by atoms with van der Waals surface area (Å²) in [6.07, 6.45) is 0. The Hall–Kier alpha value is -2.37. The van der Waals surface area contributed by atoms with E-state index in [1.165, 1.54) is 6.07 Å². The predicted molar refractivity (Wildman–Crippen MR) is 70.1 cm³/mol. The first-order valence-corrected chi connectivity index (χ1v) is 6.16. The number of amides is 1. The standard InChI is InChI=1S/C15H11F4NO/c1-2-20(10-4-6-13(18)14(19)8-10)15(21)11-7-9(16)3-5-12(11)17/h3-8H,2H2,1H3. The lowest BCUT2D eigenvalue weighted by atomic mass is 10.1. The van der Waals surface area contributed by atoms with Gasteiger partial charge in [0, 0.05) is 18.3 Å². The SMILES string of the molecule is CCN(C(=O)c1cc(F)ccc1F)c1ccc(F)c(F)c1. The van der Waals surface area contributed by atoms with E-state index >= 15 is 0 Å². The maximum atomic E-state index is 13.6. The van der Waals surface area contributed by atoms with Crippen molar-refractivity contribution in [3.8, 4) is 0 Å². The minimum atomic E-state index is -1.13. The van der Waals surface area contributed by atoms with Crippen LogP contribution in [0.1, 0.15) is 17.3 Å². The highest BCUT2D eigenvalue weighted by molar-refractivity contribution is 6.06. The third-order valence-electron chi connectivity index (χ3n) is 2.94. The van der Waals surface area contributed by atoms with E-state index in [2.05, 4.69) is 0 Å². The highest BCUT2D eigenvalue weighted by Crippen LogP contribution is 2.21. The van der Waals surface area contributed by atoms with E-state index in [-0.39, 0.29) is 12.2 Å². The quantitative estimate of drug-likeness (QED) is 0.787. The molecule has 0 N–H and O–H groups in total. The number of rotatable bonds is 3. The third kappa shape index (κ3) is 3.04. The lowest BCUT2D eigenvalue weighted by Gasteiger charge is -2.21. The topological polar surface area (TPSA) is 20.3 Å². The van der Waals surface area contributed by atoms with Gasteiger partial charge in [-0.05, 0) is 37.3 Å². The predicted octanol–water partition coefficient (Wildman–Crippen LogP) is 3.91. The fraction of sp³-hybridized carbons (Fsp3) is 0.133. The number of hydrogen-bond acceptors (Lipinski definition) is 1. The average molecular weight is 297 g/mol. The second kappa shape index (κ2) is 5.95. The highest BCUT2D eigenvalue weighted by atomic mass is 19.2. The first-order valence-electron chi connectivity index (χ1n) is 6.16. The largest absolute Gasteiger partial charge is 0.308 e. The van der Waals surface area contributed by atoms with E-state index < -0.39 is 34.7 Å². The van der Waals surface area contributed by atoms with Crippen LogP contribution in [0, 0.1) is 23.3 Å². The Morgan fingerprint density at radius 3 is 2.24 bits per heavy atom. The molecule has 0 aromatic heterocycles. The number of halogens is 4. The fourth-order valence-corrected chi connectivity index (χ4v) is 1.90. The molecule has 1 amide bonds. The number of carbonyl (C=O) groups is 1. The van der Waals surface area contributed by atoms with Crippen molar-refractivity contribution in [3.05, 3.63) is 65.2 Å². The molecule has 0 radical (unpaired) electrons. The lowest BCUT2D eigenvalue weighted by Crippen LogP contribution is -2.31. The van der Waals surface area contributed by atoms with Crippen molar-refractivity contribution in [1.82, 2.24) is 0 Å². The van der Waals surface area contributed by atoms with Gasteiger partial charge in [-0.3, -0.25) is 4.79 Å². The van der Waals surface area contributed by atoms with Crippen molar-refractivity contribution in [3.63, 3.8) is 0 Å². The van der Waals surface area contributed by atoms with Crippen molar-refractivity contribution >= 4 is 11.6 Å². The molecule has 0 bridgehead atoms. The van der Waals surface area contributed by atoms with Crippen LogP contribution in [0.4, 0.5) is 23.2 Å². The van der Waals surface area contributed by atoms with Gasteiger partial charge in [-0.25, -0.2) is 17.6 Å². The van der Waals surface area contributed by atoms with Crippen molar-refractivity contribution in [1.29, 1.82) is 0 Å². The molecule has 0 aliphatic carbocycles. The minimum Gasteiger partial charge on any atom is -0.308 e. The summed E-state index contributed by atoms with van der Waals surface area (Å²) in [6.45, 7) is 1.66. The summed E-state index contributed by atoms with van der Waals surface area (Å²) >= 11 is 0. The van der Waals surface area contributed by atoms with Crippen molar-refractivity contribution in [2.75, 3.05) is 11.4 Å². The van der Waals surface area contributed by atoms with Gasteiger partial charge < -0.3 is 4.90 Å². The van der Waals surface area contributed by atoms with Gasteiger partial charge in [0.25, 0.3) is 5.91 Å². The Morgan fingerprint density at radius 2 is 1.62 bits per heavy atom. The van der Waals surface area contributed by atoms with Crippen LogP contribution in [0.15, 0.2) is 36.4 Å². The van der Waals surface area contributed by atoms with E-state index in [1.807, 2.05) is 0 Å². The van der Waals surface area contributed by atoms with Crippen molar-refractivity contribution in [2.45, 2.75) is 6.92 Å². The molecule has 2 nitrogen and oxygen atoms in total. The summed E-state index contributed by atoms with van der Waals surface area (Å²) in [4.78, 5) is 13.3. The molecule has 2 rings (SSSR count). The number of carbonyl (C=O) groups excluding carboxylic acids is 1. The van der Waals surface area contributed by atoms with Gasteiger partial charge >= 0.3 is 0 Å². The van der Waals surface area contributed by atoms with Gasteiger partial charge in [-0.15, -0.1) is 0 Å². The molecule has 0 heterocycles. The van der Waals surface area contributed by atoms with Crippen LogP contribution in [0.25, 0.3) is 0 Å². The molecule has 0 aliphatic rings. The van der Waals surface area contributed by atoms with Crippen molar-refractivity contribution in [2.24, 2.45) is 0 Å². The number of anilines is 1. The molecule has 2 aromatic rings. The summed E-state index contributed by atoms with van der Waals surface area (Å²) in [5, 5.41) is 0. The zero-order valence-electron chi connectivity index (χ0n) is 11.0. The Kier molecular flexibility index (Phi) is 4.26. The number of hydrogen-bond donors (Lipinski definition) is 0. The summed E-state index contributed by atoms with van der Waals surface area (Å²) in [6, 6.07) is 5.37. The van der Waals surface area contributed by atoms with Gasteiger partial charge in [-0.1, -0.05) is 0 Å². The van der Waals surface area contributed by atoms with Gasteiger partial charge in [-0.2, -0.15) is 0 Å². The minimum absolute atomic E-state index is 0.0602. The first-order chi connectivity index (χ1) is 9.93. The van der Waals surface area contributed by atoms with Crippen LogP contribution in [0.2, 0.25) is 0 Å². The van der Waals surface area contributed by atoms with E-state index in [0.29, 0.717) is 0 Å². The third-order valence-corrected chi connectivity index (χ3v) is 2.94. The molecule has 0 saturated heterocycles. The Morgan fingerprint density at radius 1 is 0.952 bits per heavy atom. The summed E-state index contributed by atoms with van der Waals surface area (Å²) in [5.74, 6) is -4.67. The Bertz CT molecular complexity index is 687. The molecule has 6 heteroatoms. The fourth-order valence-electron chi connectivity index (χ4n) is 1.90. The van der Waals surface area contributed by atoms with Gasteiger partial charge in [0.05, 0.1) is 5.56 Å². The Balaban J connectivity index is 2.43. The second-order valence-electron chi connectivity index (χ2n) is 4.27. The number of benzene rings is 2. The van der Waals surface area contributed by atoms with Crippen LogP contribution >= 0.6 is 0 Å². The van der Waals surface area contributed by atoms with E-state index in [0.717, 1.165) is 35.2 Å². The summed E-state index contributed by atoms with van der Waals surface area (Å²) < 4.78 is 52.9. The van der Waals surface area contributed by atoms with Crippen LogP contribution in [0.5, 0.6) is 0 Å². The molecule has 0 spiro atoms. The van der Waals surface area contributed by atoms with Gasteiger partial charge in [0.15, 0.2) is 11.6 Å². The average Bonchev–Trinajstić information content (AvgIpc) is 2.46. The molecule has 21 heavy (non-hydrogen) atoms. The van der Waals surface area contributed by atoms with Gasteiger partial charge in [0.1, 0.15) is 11.6 Å². The maximum Gasteiger partial charge on any atom is 0.261 e. The van der Waals surface area contributed by atoms with E-state index in [9.17, 15) is 22.4 Å². The van der Waals surface area contributed by atoms with Crippen LogP contribution < -0.4 is 4.90 Å². The molecular weight excluding hydrogens is 286 g/mol. The zero-order valence-corrected chi connectivity index (χ0v) is 11.0. The van der Waals surface area contributed by atoms with E-state index in [4.69, 9.17) is 0 Å². The van der Waals surface area contributed by atoms with E-state index in [1.54, 1.807) is 6.92 Å².